The summed E-state index contributed by atoms with van der Waals surface area (Å²) in [6.07, 6.45) is 1.65. The lowest BCUT2D eigenvalue weighted by Crippen LogP contribution is -1.99. The van der Waals surface area contributed by atoms with Gasteiger partial charge in [0.25, 0.3) is 5.88 Å². The highest BCUT2D eigenvalue weighted by Gasteiger charge is 2.07. The molecule has 4 nitrogen and oxygen atoms in total. The summed E-state index contributed by atoms with van der Waals surface area (Å²) in [5.41, 5.74) is 8.56. The van der Waals surface area contributed by atoms with Gasteiger partial charge in [-0.05, 0) is 12.5 Å². The van der Waals surface area contributed by atoms with Crippen LogP contribution in [-0.4, -0.2) is 17.1 Å². The van der Waals surface area contributed by atoms with Crippen LogP contribution in [0.5, 0.6) is 5.88 Å². The minimum absolute atomic E-state index is 0.305. The molecule has 0 fully saturated rings. The highest BCUT2D eigenvalue weighted by atomic mass is 16.5. The third kappa shape index (κ3) is 1.82. The van der Waals surface area contributed by atoms with Gasteiger partial charge in [-0.15, -0.1) is 0 Å². The summed E-state index contributed by atoms with van der Waals surface area (Å²) < 4.78 is 5.05. The van der Waals surface area contributed by atoms with E-state index in [9.17, 15) is 0 Å². The molecule has 0 unspecified atom stereocenters. The Kier molecular flexibility index (Phi) is 2.72. The van der Waals surface area contributed by atoms with Gasteiger partial charge < -0.3 is 10.5 Å². The minimum atomic E-state index is 0.305. The fraction of sp³-hybridized carbons (Fsp3) is 0.167. The lowest BCUT2D eigenvalue weighted by Gasteiger charge is -2.07. The molecule has 1 heterocycles. The normalized spacial score (nSPS) is 10.1. The Bertz CT molecular complexity index is 511. The largest absolute Gasteiger partial charge is 0.478 e. The van der Waals surface area contributed by atoms with Gasteiger partial charge in [0.2, 0.25) is 0 Å². The maximum atomic E-state index is 5.62. The zero-order chi connectivity index (χ0) is 11.5. The van der Waals surface area contributed by atoms with Gasteiger partial charge in [-0.2, -0.15) is 0 Å². The van der Waals surface area contributed by atoms with Crippen molar-refractivity contribution in [1.82, 2.24) is 9.97 Å². The summed E-state index contributed by atoms with van der Waals surface area (Å²) in [6, 6.07) is 7.97. The minimum Gasteiger partial charge on any atom is -0.478 e. The molecule has 1 aromatic heterocycles. The number of ether oxygens (including phenoxy) is 1. The van der Waals surface area contributed by atoms with Gasteiger partial charge in [0.05, 0.1) is 19.0 Å². The number of nitrogens with two attached hydrogens (primary N) is 1. The number of aryl methyl sites for hydroxylation is 1. The van der Waals surface area contributed by atoms with Crippen molar-refractivity contribution in [1.29, 1.82) is 0 Å². The van der Waals surface area contributed by atoms with Crippen molar-refractivity contribution in [2.24, 2.45) is 0 Å². The van der Waals surface area contributed by atoms with E-state index < -0.39 is 0 Å². The Labute approximate surface area is 94.1 Å². The molecule has 0 amide bonds. The fourth-order valence-electron chi connectivity index (χ4n) is 1.52. The molecule has 0 radical (unpaired) electrons. The predicted octanol–water partition coefficient (Wildman–Crippen LogP) is 2.04. The average molecular weight is 215 g/mol. The number of nitrogens with zero attached hydrogens (tertiary/aromatic N) is 2. The SMILES string of the molecule is COc1nc(-c2ccccc2C)cnc1N. The second kappa shape index (κ2) is 4.18. The quantitative estimate of drug-likeness (QED) is 0.832. The molecule has 0 aliphatic heterocycles. The van der Waals surface area contributed by atoms with Gasteiger partial charge in [-0.3, -0.25) is 0 Å². The monoisotopic (exact) mass is 215 g/mol. The fourth-order valence-corrected chi connectivity index (χ4v) is 1.52. The second-order valence-electron chi connectivity index (χ2n) is 3.46. The number of methoxy groups -OCH3 is 1. The van der Waals surface area contributed by atoms with Crippen molar-refractivity contribution in [3.63, 3.8) is 0 Å². The molecule has 2 N–H and O–H groups in total. The van der Waals surface area contributed by atoms with Crippen molar-refractivity contribution >= 4 is 5.82 Å². The van der Waals surface area contributed by atoms with Gasteiger partial charge >= 0.3 is 0 Å². The van der Waals surface area contributed by atoms with Gasteiger partial charge in [-0.25, -0.2) is 9.97 Å². The van der Waals surface area contributed by atoms with Crippen molar-refractivity contribution in [3.05, 3.63) is 36.0 Å². The van der Waals surface area contributed by atoms with Crippen LogP contribution in [0.15, 0.2) is 30.5 Å². The highest BCUT2D eigenvalue weighted by Crippen LogP contribution is 2.24. The van der Waals surface area contributed by atoms with E-state index in [2.05, 4.69) is 9.97 Å². The number of hydrogen-bond donors (Lipinski definition) is 1. The number of aromatic nitrogens is 2. The average Bonchev–Trinajstić information content (AvgIpc) is 2.31. The molecule has 4 heteroatoms. The van der Waals surface area contributed by atoms with Crippen LogP contribution in [0.1, 0.15) is 5.56 Å². The van der Waals surface area contributed by atoms with Gasteiger partial charge in [-0.1, -0.05) is 24.3 Å². The van der Waals surface area contributed by atoms with E-state index in [0.29, 0.717) is 11.7 Å². The summed E-state index contributed by atoms with van der Waals surface area (Å²) in [6.45, 7) is 2.03. The number of hydrogen-bond acceptors (Lipinski definition) is 4. The summed E-state index contributed by atoms with van der Waals surface area (Å²) >= 11 is 0. The Morgan fingerprint density at radius 1 is 1.25 bits per heavy atom. The summed E-state index contributed by atoms with van der Waals surface area (Å²) in [7, 11) is 1.53. The molecule has 16 heavy (non-hydrogen) atoms. The third-order valence-corrected chi connectivity index (χ3v) is 2.38. The molecule has 2 rings (SSSR count). The molecule has 1 aromatic carbocycles. The van der Waals surface area contributed by atoms with E-state index in [1.165, 1.54) is 7.11 Å². The van der Waals surface area contributed by atoms with Crippen LogP contribution in [0.25, 0.3) is 11.3 Å². The Morgan fingerprint density at radius 2 is 2.00 bits per heavy atom. The second-order valence-corrected chi connectivity index (χ2v) is 3.46. The van der Waals surface area contributed by atoms with Crippen molar-refractivity contribution in [3.8, 4) is 17.1 Å². The number of benzene rings is 1. The highest BCUT2D eigenvalue weighted by molar-refractivity contribution is 5.64. The molecule has 0 saturated carbocycles. The molecule has 0 aliphatic rings. The van der Waals surface area contributed by atoms with Crippen LogP contribution < -0.4 is 10.5 Å². The smallest absolute Gasteiger partial charge is 0.257 e. The van der Waals surface area contributed by atoms with Gasteiger partial charge in [0.1, 0.15) is 0 Å². The molecule has 82 valence electrons. The van der Waals surface area contributed by atoms with Crippen LogP contribution in [0, 0.1) is 6.92 Å². The van der Waals surface area contributed by atoms with E-state index in [1.54, 1.807) is 6.20 Å². The lowest BCUT2D eigenvalue weighted by atomic mass is 10.1. The first kappa shape index (κ1) is 10.4. The molecular weight excluding hydrogens is 202 g/mol. The number of nitrogen functional groups attached to an aromatic ring is 1. The van der Waals surface area contributed by atoms with Crippen LogP contribution in [0.2, 0.25) is 0 Å². The predicted molar refractivity (Wildman–Crippen MR) is 63.2 cm³/mol. The number of anilines is 1. The van der Waals surface area contributed by atoms with Gasteiger partial charge in [0.15, 0.2) is 5.82 Å². The lowest BCUT2D eigenvalue weighted by molar-refractivity contribution is 0.399. The molecule has 0 saturated heterocycles. The van der Waals surface area contributed by atoms with Gasteiger partial charge in [0, 0.05) is 5.56 Å². The topological polar surface area (TPSA) is 61.0 Å². The Morgan fingerprint density at radius 3 is 2.69 bits per heavy atom. The molecular formula is C12H13N3O. The van der Waals surface area contributed by atoms with E-state index in [4.69, 9.17) is 10.5 Å². The first-order valence-corrected chi connectivity index (χ1v) is 4.95. The summed E-state index contributed by atoms with van der Waals surface area (Å²) in [5, 5.41) is 0. The van der Waals surface area contributed by atoms with E-state index >= 15 is 0 Å². The molecule has 0 bridgehead atoms. The standard InChI is InChI=1S/C12H13N3O/c1-8-5-3-4-6-9(8)10-7-14-11(13)12(15-10)16-2/h3-7H,1-2H3,(H2,13,14). The van der Waals surface area contributed by atoms with Crippen LogP contribution >= 0.6 is 0 Å². The Balaban J connectivity index is 2.53. The Hall–Kier alpha value is -2.10. The molecule has 0 atom stereocenters. The molecule has 0 aliphatic carbocycles. The summed E-state index contributed by atoms with van der Waals surface area (Å²) in [4.78, 5) is 8.37. The van der Waals surface area contributed by atoms with E-state index in [1.807, 2.05) is 31.2 Å². The van der Waals surface area contributed by atoms with Crippen LogP contribution in [0.4, 0.5) is 5.82 Å². The van der Waals surface area contributed by atoms with Crippen LogP contribution in [0.3, 0.4) is 0 Å². The zero-order valence-corrected chi connectivity index (χ0v) is 9.27. The van der Waals surface area contributed by atoms with Crippen molar-refractivity contribution in [2.45, 2.75) is 6.92 Å². The first-order chi connectivity index (χ1) is 7.72. The zero-order valence-electron chi connectivity index (χ0n) is 9.27. The maximum Gasteiger partial charge on any atom is 0.257 e. The van der Waals surface area contributed by atoms with E-state index in [-0.39, 0.29) is 0 Å². The number of rotatable bonds is 2. The summed E-state index contributed by atoms with van der Waals surface area (Å²) in [5.74, 6) is 0.667. The maximum absolute atomic E-state index is 5.62. The molecule has 2 aromatic rings. The van der Waals surface area contributed by atoms with E-state index in [0.717, 1.165) is 16.8 Å². The van der Waals surface area contributed by atoms with Crippen molar-refractivity contribution < 1.29 is 4.74 Å². The van der Waals surface area contributed by atoms with Crippen LogP contribution in [-0.2, 0) is 0 Å². The molecule has 0 spiro atoms. The first-order valence-electron chi connectivity index (χ1n) is 4.95. The van der Waals surface area contributed by atoms with Crippen molar-refractivity contribution in [2.75, 3.05) is 12.8 Å². The third-order valence-electron chi connectivity index (χ3n) is 2.38.